The number of rotatable bonds is 6. The van der Waals surface area contributed by atoms with Crippen LogP contribution < -0.4 is 0 Å². The van der Waals surface area contributed by atoms with E-state index >= 15 is 0 Å². The number of sulfone groups is 1. The number of likely N-dealkylation sites (tertiary alicyclic amines) is 1. The molecular formula is C17H23NO5S. The monoisotopic (exact) mass is 353 g/mol. The zero-order chi connectivity index (χ0) is 17.7. The van der Waals surface area contributed by atoms with E-state index in [1.54, 1.807) is 36.1 Å². The summed E-state index contributed by atoms with van der Waals surface area (Å²) < 4.78 is 23.8. The van der Waals surface area contributed by atoms with Gasteiger partial charge in [-0.2, -0.15) is 0 Å². The molecule has 0 atom stereocenters. The van der Waals surface area contributed by atoms with Crippen LogP contribution in [0.15, 0.2) is 29.2 Å². The summed E-state index contributed by atoms with van der Waals surface area (Å²) in [7, 11) is -3.28. The first-order valence-corrected chi connectivity index (χ1v) is 9.78. The van der Waals surface area contributed by atoms with E-state index < -0.39 is 15.8 Å². The second-order valence-corrected chi connectivity index (χ2v) is 8.43. The van der Waals surface area contributed by atoms with E-state index in [2.05, 4.69) is 0 Å². The average molecular weight is 353 g/mol. The molecule has 7 heteroatoms. The normalized spacial score (nSPS) is 16.1. The minimum Gasteiger partial charge on any atom is -0.481 e. The van der Waals surface area contributed by atoms with E-state index in [9.17, 15) is 18.0 Å². The number of piperidine rings is 1. The highest BCUT2D eigenvalue weighted by Crippen LogP contribution is 2.21. The van der Waals surface area contributed by atoms with Crippen molar-refractivity contribution in [2.75, 3.05) is 18.8 Å². The molecule has 6 nitrogen and oxygen atoms in total. The molecule has 1 N–H and O–H groups in total. The molecule has 132 valence electrons. The van der Waals surface area contributed by atoms with Crippen molar-refractivity contribution < 1.29 is 23.1 Å². The standard InChI is InChI=1S/C17H23NO5S/c1-2-24(22,23)15-5-3-4-14(10-15)11-16(19)18-8-6-13(7-9-18)12-17(20)21/h3-5,10,13H,2,6-9,11-12H2,1H3,(H,20,21). The molecule has 0 radical (unpaired) electrons. The highest BCUT2D eigenvalue weighted by molar-refractivity contribution is 7.91. The number of hydrogen-bond donors (Lipinski definition) is 1. The molecule has 1 saturated heterocycles. The highest BCUT2D eigenvalue weighted by atomic mass is 32.2. The Kier molecular flexibility index (Phi) is 5.99. The quantitative estimate of drug-likeness (QED) is 0.841. The van der Waals surface area contributed by atoms with Gasteiger partial charge < -0.3 is 10.0 Å². The van der Waals surface area contributed by atoms with E-state index in [-0.39, 0.29) is 35.3 Å². The van der Waals surface area contributed by atoms with Crippen molar-refractivity contribution in [1.29, 1.82) is 0 Å². The van der Waals surface area contributed by atoms with Crippen LogP contribution in [0.4, 0.5) is 0 Å². The molecule has 1 heterocycles. The van der Waals surface area contributed by atoms with Crippen molar-refractivity contribution in [3.63, 3.8) is 0 Å². The van der Waals surface area contributed by atoms with Gasteiger partial charge in [0.15, 0.2) is 9.84 Å². The van der Waals surface area contributed by atoms with Gasteiger partial charge in [-0.15, -0.1) is 0 Å². The lowest BCUT2D eigenvalue weighted by molar-refractivity contribution is -0.138. The Morgan fingerprint density at radius 2 is 1.92 bits per heavy atom. The lowest BCUT2D eigenvalue weighted by Gasteiger charge is -2.31. The summed E-state index contributed by atoms with van der Waals surface area (Å²) in [6, 6.07) is 6.52. The van der Waals surface area contributed by atoms with Crippen molar-refractivity contribution in [3.8, 4) is 0 Å². The van der Waals surface area contributed by atoms with Crippen LogP contribution in [0.25, 0.3) is 0 Å². The third kappa shape index (κ3) is 4.80. The van der Waals surface area contributed by atoms with E-state index in [0.29, 0.717) is 31.5 Å². The van der Waals surface area contributed by atoms with Crippen molar-refractivity contribution in [1.82, 2.24) is 4.90 Å². The van der Waals surface area contributed by atoms with Crippen molar-refractivity contribution >= 4 is 21.7 Å². The number of carbonyl (C=O) groups is 2. The molecule has 0 bridgehead atoms. The summed E-state index contributed by atoms with van der Waals surface area (Å²) >= 11 is 0. The molecule has 0 aliphatic carbocycles. The lowest BCUT2D eigenvalue weighted by Crippen LogP contribution is -2.39. The summed E-state index contributed by atoms with van der Waals surface area (Å²) in [5, 5.41) is 8.82. The topological polar surface area (TPSA) is 91.8 Å². The van der Waals surface area contributed by atoms with Gasteiger partial charge in [-0.25, -0.2) is 8.42 Å². The van der Waals surface area contributed by atoms with Gasteiger partial charge in [-0.1, -0.05) is 19.1 Å². The fraction of sp³-hybridized carbons (Fsp3) is 0.529. The fourth-order valence-electron chi connectivity index (χ4n) is 2.94. The van der Waals surface area contributed by atoms with Crippen molar-refractivity contribution in [3.05, 3.63) is 29.8 Å². The summed E-state index contributed by atoms with van der Waals surface area (Å²) in [6.45, 7) is 2.71. The van der Waals surface area contributed by atoms with Gasteiger partial charge in [0, 0.05) is 19.5 Å². The van der Waals surface area contributed by atoms with E-state index in [0.717, 1.165) is 0 Å². The Labute approximate surface area is 142 Å². The van der Waals surface area contributed by atoms with Crippen molar-refractivity contribution in [2.24, 2.45) is 5.92 Å². The van der Waals surface area contributed by atoms with Crippen LogP contribution in [-0.2, 0) is 25.8 Å². The number of carboxylic acid groups (broad SMARTS) is 1. The van der Waals surface area contributed by atoms with Gasteiger partial charge in [0.05, 0.1) is 17.1 Å². The molecule has 0 aromatic heterocycles. The molecule has 1 aliphatic heterocycles. The molecular weight excluding hydrogens is 330 g/mol. The predicted octanol–water partition coefficient (Wildman–Crippen LogP) is 1.74. The smallest absolute Gasteiger partial charge is 0.303 e. The highest BCUT2D eigenvalue weighted by Gasteiger charge is 2.24. The van der Waals surface area contributed by atoms with Gasteiger partial charge >= 0.3 is 5.97 Å². The van der Waals surface area contributed by atoms with Crippen LogP contribution >= 0.6 is 0 Å². The van der Waals surface area contributed by atoms with Crippen LogP contribution in [0, 0.1) is 5.92 Å². The number of carboxylic acids is 1. The molecule has 1 aliphatic rings. The summed E-state index contributed by atoms with van der Waals surface area (Å²) in [4.78, 5) is 25.1. The third-order valence-corrected chi connectivity index (χ3v) is 6.16. The van der Waals surface area contributed by atoms with Crippen LogP contribution in [0.5, 0.6) is 0 Å². The molecule has 2 rings (SSSR count). The van der Waals surface area contributed by atoms with Gasteiger partial charge in [0.25, 0.3) is 0 Å². The van der Waals surface area contributed by atoms with E-state index in [1.165, 1.54) is 0 Å². The Bertz CT molecular complexity index is 705. The van der Waals surface area contributed by atoms with Gasteiger partial charge in [-0.3, -0.25) is 9.59 Å². The van der Waals surface area contributed by atoms with Crippen molar-refractivity contribution in [2.45, 2.75) is 37.5 Å². The number of carbonyl (C=O) groups excluding carboxylic acids is 1. The number of hydrogen-bond acceptors (Lipinski definition) is 4. The van der Waals surface area contributed by atoms with Gasteiger partial charge in [0.2, 0.25) is 5.91 Å². The maximum atomic E-state index is 12.4. The fourth-order valence-corrected chi connectivity index (χ4v) is 3.89. The number of amides is 1. The summed E-state index contributed by atoms with van der Waals surface area (Å²) in [5.41, 5.74) is 0.683. The van der Waals surface area contributed by atoms with Crippen LogP contribution in [-0.4, -0.2) is 49.1 Å². The molecule has 1 fully saturated rings. The molecule has 1 aromatic rings. The average Bonchev–Trinajstić information content (AvgIpc) is 2.55. The summed E-state index contributed by atoms with van der Waals surface area (Å²) in [5.74, 6) is -0.685. The Morgan fingerprint density at radius 1 is 1.25 bits per heavy atom. The lowest BCUT2D eigenvalue weighted by atomic mass is 9.93. The SMILES string of the molecule is CCS(=O)(=O)c1cccc(CC(=O)N2CCC(CC(=O)O)CC2)c1. The summed E-state index contributed by atoms with van der Waals surface area (Å²) in [6.07, 6.45) is 1.71. The molecule has 0 saturated carbocycles. The largest absolute Gasteiger partial charge is 0.481 e. The zero-order valence-corrected chi connectivity index (χ0v) is 14.6. The molecule has 24 heavy (non-hydrogen) atoms. The van der Waals surface area contributed by atoms with E-state index in [1.807, 2.05) is 0 Å². The minimum absolute atomic E-state index is 0.0293. The zero-order valence-electron chi connectivity index (χ0n) is 13.8. The Morgan fingerprint density at radius 3 is 2.50 bits per heavy atom. The Hall–Kier alpha value is -1.89. The molecule has 0 spiro atoms. The molecule has 1 amide bonds. The van der Waals surface area contributed by atoms with Crippen LogP contribution in [0.1, 0.15) is 31.7 Å². The maximum Gasteiger partial charge on any atom is 0.303 e. The van der Waals surface area contributed by atoms with Crippen LogP contribution in [0.3, 0.4) is 0 Å². The second-order valence-electron chi connectivity index (χ2n) is 6.15. The first-order valence-electron chi connectivity index (χ1n) is 8.13. The molecule has 1 aromatic carbocycles. The first kappa shape index (κ1) is 18.4. The number of aliphatic carboxylic acids is 1. The second kappa shape index (κ2) is 7.79. The first-order chi connectivity index (χ1) is 11.3. The van der Waals surface area contributed by atoms with E-state index in [4.69, 9.17) is 5.11 Å². The Balaban J connectivity index is 1.96. The minimum atomic E-state index is -3.28. The van der Waals surface area contributed by atoms with Gasteiger partial charge in [0.1, 0.15) is 0 Å². The third-order valence-electron chi connectivity index (χ3n) is 4.42. The number of benzene rings is 1. The van der Waals surface area contributed by atoms with Gasteiger partial charge in [-0.05, 0) is 36.5 Å². The maximum absolute atomic E-state index is 12.4. The molecule has 0 unspecified atom stereocenters. The number of nitrogens with zero attached hydrogens (tertiary/aromatic N) is 1. The van der Waals surface area contributed by atoms with Crippen LogP contribution in [0.2, 0.25) is 0 Å². The predicted molar refractivity (Wildman–Crippen MR) is 89.4 cm³/mol.